The third-order valence-electron chi connectivity index (χ3n) is 0.354. The number of nitrogens with one attached hydrogen (secondary N) is 1. The Kier molecular flexibility index (Phi) is 8.05. The van der Waals surface area contributed by atoms with Crippen molar-refractivity contribution in [1.82, 2.24) is 5.32 Å². The maximum absolute atomic E-state index is 7.83. The van der Waals surface area contributed by atoms with Crippen LogP contribution in [0.25, 0.3) is 0 Å². The Balaban J connectivity index is 0. The van der Waals surface area contributed by atoms with E-state index in [0.717, 1.165) is 0 Å². The Bertz CT molecular complexity index is 172. The van der Waals surface area contributed by atoms with Gasteiger partial charge in [0, 0.05) is 0 Å². The van der Waals surface area contributed by atoms with E-state index in [-0.39, 0.29) is 23.0 Å². The molecule has 0 aromatic carbocycles. The molecule has 0 spiro atoms. The summed E-state index contributed by atoms with van der Waals surface area (Å²) < 4.78 is 0. The first kappa shape index (κ1) is 10.7. The van der Waals surface area contributed by atoms with Crippen molar-refractivity contribution in [3.05, 3.63) is 0 Å². The van der Waals surface area contributed by atoms with E-state index in [1.165, 1.54) is 12.4 Å². The van der Waals surface area contributed by atoms with Crippen LogP contribution >= 0.6 is 0 Å². The molecular formula is C3H3FeN5+2. The minimum Gasteiger partial charge on any atom is -0.368 e. The van der Waals surface area contributed by atoms with Gasteiger partial charge in [-0.3, -0.25) is 5.32 Å². The molecule has 0 aromatic rings. The molecule has 0 aliphatic heterocycles. The van der Waals surface area contributed by atoms with Crippen LogP contribution in [0.15, 0.2) is 4.99 Å². The fourth-order valence-corrected chi connectivity index (χ4v) is 0.139. The zero-order chi connectivity index (χ0) is 6.41. The molecule has 0 radical (unpaired) electrons. The van der Waals surface area contributed by atoms with Crippen LogP contribution in [-0.2, 0) is 17.1 Å². The molecule has 0 aromatic heterocycles. The van der Waals surface area contributed by atoms with E-state index in [2.05, 4.69) is 4.99 Å². The van der Waals surface area contributed by atoms with Crippen molar-refractivity contribution >= 4 is 5.96 Å². The molecule has 0 atom stereocenters. The number of nitrogens with zero attached hydrogens (tertiary/aromatic N) is 3. The second-order valence-electron chi connectivity index (χ2n) is 0.834. The van der Waals surface area contributed by atoms with Crippen molar-refractivity contribution in [3.8, 4) is 12.4 Å². The minimum absolute atomic E-state index is 0. The Morgan fingerprint density at radius 3 is 2.44 bits per heavy atom. The van der Waals surface area contributed by atoms with E-state index in [4.69, 9.17) is 16.3 Å². The fourth-order valence-electron chi connectivity index (χ4n) is 0.139. The van der Waals surface area contributed by atoms with Gasteiger partial charge in [-0.15, -0.1) is 4.99 Å². The summed E-state index contributed by atoms with van der Waals surface area (Å²) in [5, 5.41) is 17.6. The van der Waals surface area contributed by atoms with Crippen molar-refractivity contribution in [1.29, 1.82) is 10.5 Å². The van der Waals surface area contributed by atoms with Gasteiger partial charge in [0.25, 0.3) is 0 Å². The molecule has 3 N–H and O–H groups in total. The van der Waals surface area contributed by atoms with E-state index < -0.39 is 0 Å². The van der Waals surface area contributed by atoms with E-state index in [0.29, 0.717) is 0 Å². The Morgan fingerprint density at radius 1 is 1.56 bits per heavy atom. The number of nitrogens with two attached hydrogens (primary N) is 1. The second-order valence-corrected chi connectivity index (χ2v) is 0.834. The van der Waals surface area contributed by atoms with Gasteiger partial charge in [-0.25, -0.2) is 0 Å². The molecule has 0 bridgehead atoms. The molecule has 6 heteroatoms. The summed E-state index contributed by atoms with van der Waals surface area (Å²) >= 11 is 0. The summed E-state index contributed by atoms with van der Waals surface area (Å²) in [6.07, 6.45) is 2.90. The third-order valence-corrected chi connectivity index (χ3v) is 0.354. The fraction of sp³-hybridized carbons (Fsp3) is 0. The van der Waals surface area contributed by atoms with E-state index in [1.807, 2.05) is 5.32 Å². The number of nitriles is 2. The zero-order valence-electron chi connectivity index (χ0n) is 4.27. The average Bonchev–Trinajstić information content (AvgIpc) is 1.68. The molecule has 0 aliphatic carbocycles. The summed E-state index contributed by atoms with van der Waals surface area (Å²) in [4.78, 5) is 2.98. The van der Waals surface area contributed by atoms with Gasteiger partial charge in [0.2, 0.25) is 12.2 Å². The molecular weight excluding hydrogens is 162 g/mol. The quantitative estimate of drug-likeness (QED) is 0.155. The van der Waals surface area contributed by atoms with Crippen LogP contribution in [0.3, 0.4) is 0 Å². The first-order valence-electron chi connectivity index (χ1n) is 1.68. The van der Waals surface area contributed by atoms with Crippen LogP contribution in [0.2, 0.25) is 0 Å². The third kappa shape index (κ3) is 6.77. The van der Waals surface area contributed by atoms with Crippen molar-refractivity contribution in [2.24, 2.45) is 10.7 Å². The molecule has 9 heavy (non-hydrogen) atoms. The van der Waals surface area contributed by atoms with Crippen LogP contribution in [0.4, 0.5) is 0 Å². The van der Waals surface area contributed by atoms with Crippen LogP contribution in [-0.4, -0.2) is 5.96 Å². The molecule has 0 aliphatic rings. The van der Waals surface area contributed by atoms with Gasteiger partial charge in [0.15, 0.2) is 6.19 Å². The van der Waals surface area contributed by atoms with Gasteiger partial charge >= 0.3 is 17.1 Å². The zero-order valence-corrected chi connectivity index (χ0v) is 5.38. The van der Waals surface area contributed by atoms with Crippen LogP contribution in [0.5, 0.6) is 0 Å². The molecule has 0 saturated heterocycles. The number of guanidine groups is 1. The largest absolute Gasteiger partial charge is 2.00 e. The maximum atomic E-state index is 7.83. The van der Waals surface area contributed by atoms with Gasteiger partial charge in [0.05, 0.1) is 0 Å². The van der Waals surface area contributed by atoms with Crippen molar-refractivity contribution in [2.75, 3.05) is 0 Å². The van der Waals surface area contributed by atoms with Crippen molar-refractivity contribution in [2.45, 2.75) is 0 Å². The number of hydrogen-bond acceptors (Lipinski definition) is 3. The summed E-state index contributed by atoms with van der Waals surface area (Å²) in [5.41, 5.74) is 4.89. The van der Waals surface area contributed by atoms with Gasteiger partial charge in [-0.05, 0) is 0 Å². The van der Waals surface area contributed by atoms with E-state index >= 15 is 0 Å². The summed E-state index contributed by atoms with van der Waals surface area (Å²) in [7, 11) is 0. The summed E-state index contributed by atoms with van der Waals surface area (Å²) in [5.74, 6) is -0.185. The minimum atomic E-state index is -0.185. The van der Waals surface area contributed by atoms with Gasteiger partial charge < -0.3 is 5.73 Å². The van der Waals surface area contributed by atoms with E-state index in [1.54, 1.807) is 0 Å². The molecule has 5 nitrogen and oxygen atoms in total. The predicted molar refractivity (Wildman–Crippen MR) is 26.0 cm³/mol. The van der Waals surface area contributed by atoms with Gasteiger partial charge in [0.1, 0.15) is 0 Å². The summed E-state index contributed by atoms with van der Waals surface area (Å²) in [6, 6.07) is 0. The predicted octanol–water partition coefficient (Wildman–Crippen LogP) is -1.15. The molecule has 0 amide bonds. The van der Waals surface area contributed by atoms with Crippen LogP contribution < -0.4 is 11.1 Å². The monoisotopic (exact) mass is 165 g/mol. The second kappa shape index (κ2) is 6.77. The number of hydrogen-bond donors (Lipinski definition) is 2. The maximum Gasteiger partial charge on any atom is 2.00 e. The van der Waals surface area contributed by atoms with Gasteiger partial charge in [-0.2, -0.15) is 10.5 Å². The van der Waals surface area contributed by atoms with E-state index in [9.17, 15) is 0 Å². The SMILES string of the molecule is N#CN=C(N)NC#N.[Fe+2]. The van der Waals surface area contributed by atoms with Gasteiger partial charge in [-0.1, -0.05) is 0 Å². The normalized spacial score (nSPS) is 8.00. The molecule has 0 fully saturated rings. The topological polar surface area (TPSA) is 98.0 Å². The molecule has 0 saturated carbocycles. The molecule has 46 valence electrons. The standard InChI is InChI=1S/C3H3N5.Fe/c4-1-7-3(6)8-2-5;/h(H3,6,7,8);/q;+2. The molecule has 0 unspecified atom stereocenters. The van der Waals surface area contributed by atoms with Crippen molar-refractivity contribution < 1.29 is 17.1 Å². The van der Waals surface area contributed by atoms with Crippen molar-refractivity contribution in [3.63, 3.8) is 0 Å². The first-order chi connectivity index (χ1) is 3.81. The smallest absolute Gasteiger partial charge is 0.368 e. The number of rotatable bonds is 0. The molecule has 0 heterocycles. The number of aliphatic imine (C=N–C) groups is 1. The Morgan fingerprint density at radius 2 is 2.11 bits per heavy atom. The van der Waals surface area contributed by atoms with Crippen LogP contribution in [0.1, 0.15) is 0 Å². The Hall–Kier alpha value is -1.23. The van der Waals surface area contributed by atoms with Crippen LogP contribution in [0, 0.1) is 22.9 Å². The Labute approximate surface area is 62.6 Å². The summed E-state index contributed by atoms with van der Waals surface area (Å²) in [6.45, 7) is 0. The first-order valence-corrected chi connectivity index (χ1v) is 1.68. The average molecular weight is 165 g/mol. The molecule has 0 rings (SSSR count).